The van der Waals surface area contributed by atoms with E-state index >= 15 is 0 Å². The van der Waals surface area contributed by atoms with Gasteiger partial charge in [0.25, 0.3) is 5.91 Å². The minimum Gasteiger partial charge on any atom is -0.486 e. The maximum atomic E-state index is 12.0. The average Bonchev–Trinajstić information content (AvgIpc) is 3.12. The van der Waals surface area contributed by atoms with Gasteiger partial charge in [0.1, 0.15) is 25.5 Å². The summed E-state index contributed by atoms with van der Waals surface area (Å²) in [6, 6.07) is 16.5. The average molecular weight is 965 g/mol. The Morgan fingerprint density at radius 3 is 1.55 bits per heavy atom. The maximum absolute atomic E-state index is 12.0. The van der Waals surface area contributed by atoms with E-state index in [1.807, 2.05) is 6.07 Å². The number of hydrogen-bond donors (Lipinski definition) is 5. The molecule has 292 valence electrons. The number of hydrogen-bond acceptors (Lipinski definition) is 7. The fraction of sp³-hybridized carbons (Fsp3) is 0.216. The van der Waals surface area contributed by atoms with E-state index < -0.39 is 24.4 Å². The molecule has 4 aromatic rings. The number of benzene rings is 4. The molecule has 0 aliphatic rings. The number of aliphatic carboxylic acids is 2. The van der Waals surface area contributed by atoms with Gasteiger partial charge < -0.3 is 35.6 Å². The Kier molecular flexibility index (Phi) is 18.0. The van der Waals surface area contributed by atoms with Crippen molar-refractivity contribution in [1.82, 2.24) is 5.32 Å². The SMILES string of the molecule is CCC(=O)Nc1cccc(COc2c(Br)cc(CC(=O)O)cc2Br)c1Cl.CCC(=O)Nc1cccc(COc2c(Cl)cc(C(=O)NCC(=O)O)cc2Cl)c1Cl. The van der Waals surface area contributed by atoms with Crippen molar-refractivity contribution in [2.75, 3.05) is 17.2 Å². The number of carboxylic acid groups (broad SMARTS) is 2. The van der Waals surface area contributed by atoms with Crippen molar-refractivity contribution in [2.24, 2.45) is 0 Å². The molecule has 0 aromatic heterocycles. The highest BCUT2D eigenvalue weighted by atomic mass is 79.9. The van der Waals surface area contributed by atoms with Gasteiger partial charge in [0.2, 0.25) is 11.8 Å². The van der Waals surface area contributed by atoms with Gasteiger partial charge >= 0.3 is 11.9 Å². The summed E-state index contributed by atoms with van der Waals surface area (Å²) >= 11 is 31.8. The highest BCUT2D eigenvalue weighted by Gasteiger charge is 2.17. The summed E-state index contributed by atoms with van der Waals surface area (Å²) in [4.78, 5) is 56.5. The fourth-order valence-electron chi connectivity index (χ4n) is 4.47. The Morgan fingerprint density at radius 1 is 0.673 bits per heavy atom. The van der Waals surface area contributed by atoms with Crippen molar-refractivity contribution in [2.45, 2.75) is 46.3 Å². The number of ether oxygens (including phenoxy) is 2. The Morgan fingerprint density at radius 2 is 1.13 bits per heavy atom. The van der Waals surface area contributed by atoms with E-state index in [2.05, 4.69) is 47.8 Å². The summed E-state index contributed by atoms with van der Waals surface area (Å²) in [5.41, 5.74) is 3.04. The van der Waals surface area contributed by atoms with E-state index in [1.165, 1.54) is 12.1 Å². The molecule has 0 aliphatic carbocycles. The van der Waals surface area contributed by atoms with Crippen molar-refractivity contribution in [3.05, 3.63) is 112 Å². The predicted molar refractivity (Wildman–Crippen MR) is 219 cm³/mol. The van der Waals surface area contributed by atoms with Gasteiger partial charge in [0.05, 0.1) is 46.8 Å². The molecule has 0 saturated carbocycles. The number of halogens is 6. The van der Waals surface area contributed by atoms with Crippen LogP contribution in [0.4, 0.5) is 11.4 Å². The highest BCUT2D eigenvalue weighted by Crippen LogP contribution is 2.38. The molecule has 0 aliphatic heterocycles. The van der Waals surface area contributed by atoms with E-state index in [9.17, 15) is 24.0 Å². The van der Waals surface area contributed by atoms with Crippen LogP contribution in [0.1, 0.15) is 53.7 Å². The van der Waals surface area contributed by atoms with Crippen molar-refractivity contribution >= 4 is 119 Å². The molecule has 3 amide bonds. The molecular weight excluding hydrogens is 932 g/mol. The van der Waals surface area contributed by atoms with Gasteiger partial charge in [0.15, 0.2) is 5.75 Å². The quantitative estimate of drug-likeness (QED) is 0.0775. The largest absolute Gasteiger partial charge is 0.486 e. The summed E-state index contributed by atoms with van der Waals surface area (Å²) in [5, 5.41) is 26.1. The van der Waals surface area contributed by atoms with Crippen molar-refractivity contribution < 1.29 is 43.7 Å². The van der Waals surface area contributed by atoms with Crippen LogP contribution in [0.3, 0.4) is 0 Å². The van der Waals surface area contributed by atoms with Gasteiger partial charge in [-0.05, 0) is 73.8 Å². The molecule has 12 nitrogen and oxygen atoms in total. The number of carbonyl (C=O) groups is 5. The maximum Gasteiger partial charge on any atom is 0.322 e. The molecule has 0 saturated heterocycles. The van der Waals surface area contributed by atoms with E-state index in [4.69, 9.17) is 66.1 Å². The summed E-state index contributed by atoms with van der Waals surface area (Å²) in [5.74, 6) is -2.33. The van der Waals surface area contributed by atoms with Crippen LogP contribution in [0.25, 0.3) is 0 Å². The zero-order valence-electron chi connectivity index (χ0n) is 29.0. The van der Waals surface area contributed by atoms with Crippen LogP contribution in [0.15, 0.2) is 69.6 Å². The third kappa shape index (κ3) is 13.9. The summed E-state index contributed by atoms with van der Waals surface area (Å²) in [7, 11) is 0. The number of rotatable bonds is 15. The van der Waals surface area contributed by atoms with Gasteiger partial charge in [-0.15, -0.1) is 0 Å². The predicted octanol–water partition coefficient (Wildman–Crippen LogP) is 9.81. The summed E-state index contributed by atoms with van der Waals surface area (Å²) in [6.07, 6.45) is 0.594. The van der Waals surface area contributed by atoms with Gasteiger partial charge in [-0.25, -0.2) is 0 Å². The van der Waals surface area contributed by atoms with Gasteiger partial charge in [-0.2, -0.15) is 0 Å². The first-order valence-corrected chi connectivity index (χ1v) is 19.2. The molecule has 0 unspecified atom stereocenters. The highest BCUT2D eigenvalue weighted by molar-refractivity contribution is 9.11. The second-order valence-electron chi connectivity index (χ2n) is 11.2. The number of anilines is 2. The molecule has 4 aromatic carbocycles. The Balaban J connectivity index is 0.000000297. The van der Waals surface area contributed by atoms with Crippen LogP contribution in [0.5, 0.6) is 11.5 Å². The lowest BCUT2D eigenvalue weighted by molar-refractivity contribution is -0.137. The van der Waals surface area contributed by atoms with Crippen LogP contribution in [-0.2, 0) is 38.8 Å². The minimum absolute atomic E-state index is 0.0126. The first-order valence-electron chi connectivity index (χ1n) is 16.1. The number of carbonyl (C=O) groups excluding carboxylic acids is 3. The first-order chi connectivity index (χ1) is 26.0. The zero-order valence-corrected chi connectivity index (χ0v) is 35.2. The Labute approximate surface area is 353 Å². The molecule has 0 spiro atoms. The first kappa shape index (κ1) is 45.3. The van der Waals surface area contributed by atoms with E-state index in [0.29, 0.717) is 65.6 Å². The lowest BCUT2D eigenvalue weighted by atomic mass is 10.1. The molecule has 55 heavy (non-hydrogen) atoms. The topological polar surface area (TPSA) is 180 Å². The van der Waals surface area contributed by atoms with Crippen molar-refractivity contribution in [1.29, 1.82) is 0 Å². The van der Waals surface area contributed by atoms with Crippen molar-refractivity contribution in [3.63, 3.8) is 0 Å². The van der Waals surface area contributed by atoms with Crippen LogP contribution >= 0.6 is 78.3 Å². The monoisotopic (exact) mass is 961 g/mol. The summed E-state index contributed by atoms with van der Waals surface area (Å²) in [6.45, 7) is 3.16. The summed E-state index contributed by atoms with van der Waals surface area (Å²) < 4.78 is 12.8. The van der Waals surface area contributed by atoms with E-state index in [-0.39, 0.29) is 52.8 Å². The second-order valence-corrected chi connectivity index (χ2v) is 14.5. The van der Waals surface area contributed by atoms with E-state index in [0.717, 1.165) is 0 Å². The fourth-order valence-corrected chi connectivity index (χ4v) is 7.03. The number of nitrogens with one attached hydrogen (secondary N) is 3. The lowest BCUT2D eigenvalue weighted by Crippen LogP contribution is -2.29. The molecule has 0 heterocycles. The van der Waals surface area contributed by atoms with Gasteiger partial charge in [-0.1, -0.05) is 84.5 Å². The molecule has 18 heteroatoms. The van der Waals surface area contributed by atoms with Crippen molar-refractivity contribution in [3.8, 4) is 11.5 Å². The second kappa shape index (κ2) is 21.9. The number of carboxylic acids is 2. The van der Waals surface area contributed by atoms with Crippen LogP contribution in [-0.4, -0.2) is 46.4 Å². The molecular formula is C37H33Br2Cl4N3O9. The minimum atomic E-state index is -1.18. The molecule has 0 radical (unpaired) electrons. The smallest absolute Gasteiger partial charge is 0.322 e. The van der Waals surface area contributed by atoms with E-state index in [1.54, 1.807) is 56.3 Å². The Bertz CT molecular complexity index is 2040. The normalized spacial score (nSPS) is 10.4. The molecule has 0 bridgehead atoms. The van der Waals surface area contributed by atoms with Crippen LogP contribution in [0.2, 0.25) is 20.1 Å². The lowest BCUT2D eigenvalue weighted by Gasteiger charge is -2.14. The molecule has 0 fully saturated rings. The van der Waals surface area contributed by atoms with Crippen LogP contribution in [0, 0.1) is 0 Å². The number of amides is 3. The third-order valence-corrected chi connectivity index (χ3v) is 9.80. The third-order valence-electron chi connectivity index (χ3n) is 7.17. The van der Waals surface area contributed by atoms with Crippen LogP contribution < -0.4 is 25.4 Å². The molecule has 5 N–H and O–H groups in total. The van der Waals surface area contributed by atoms with Gasteiger partial charge in [-0.3, -0.25) is 24.0 Å². The molecule has 4 rings (SSSR count). The zero-order chi connectivity index (χ0) is 40.8. The Hall–Kier alpha value is -4.05. The molecule has 0 atom stereocenters. The standard InChI is InChI=1S/C19H17Cl3N2O5.C18H16Br2ClNO4/c1-2-15(25)24-14-5-3-4-10(17(14)22)9-29-18-12(20)6-11(7-13(18)21)19(28)23-8-16(26)27;1-2-15(23)22-14-5-3-4-11(17(14)21)9-26-18-12(19)6-10(7-13(18)20)8-16(24)25/h3-7H,2,8-9H2,1H3,(H,23,28)(H,24,25)(H,26,27);3-7H,2,8-9H2,1H3,(H,22,23)(H,24,25). The van der Waals surface area contributed by atoms with Gasteiger partial charge in [0, 0.05) is 29.5 Å².